The van der Waals surface area contributed by atoms with E-state index in [4.69, 9.17) is 0 Å². The average molecular weight is 380 g/mol. The Bertz CT molecular complexity index is 1170. The minimum atomic E-state index is -0.921. The van der Waals surface area contributed by atoms with Gasteiger partial charge in [0.25, 0.3) is 0 Å². The lowest BCUT2D eigenvalue weighted by Crippen LogP contribution is -2.12. The van der Waals surface area contributed by atoms with Gasteiger partial charge in [-0.2, -0.15) is 0 Å². The smallest absolute Gasteiger partial charge is 0.335 e. The molecule has 0 radical (unpaired) electrons. The third kappa shape index (κ3) is 3.66. The molecule has 1 aliphatic rings. The molecule has 3 aromatic rings. The minimum absolute atomic E-state index is 0.1000. The van der Waals surface area contributed by atoms with E-state index in [2.05, 4.69) is 75.1 Å². The van der Waals surface area contributed by atoms with Crippen LogP contribution in [0.25, 0.3) is 21.9 Å². The van der Waals surface area contributed by atoms with Gasteiger partial charge in [-0.25, -0.2) is 4.79 Å². The van der Waals surface area contributed by atoms with E-state index < -0.39 is 5.97 Å². The van der Waals surface area contributed by atoms with Crippen molar-refractivity contribution in [3.05, 3.63) is 108 Å². The lowest BCUT2D eigenvalue weighted by molar-refractivity contribution is 0.0697. The zero-order chi connectivity index (χ0) is 20.6. The Morgan fingerprint density at radius 1 is 0.966 bits per heavy atom. The maximum atomic E-state index is 11.2. The number of benzene rings is 3. The van der Waals surface area contributed by atoms with Crippen LogP contribution in [0.2, 0.25) is 0 Å². The number of allylic oxidation sites excluding steroid dienone is 4. The van der Waals surface area contributed by atoms with Crippen molar-refractivity contribution in [1.29, 1.82) is 0 Å². The zero-order valence-electron chi connectivity index (χ0n) is 16.8. The van der Waals surface area contributed by atoms with E-state index in [1.54, 1.807) is 12.1 Å². The number of carbonyl (C=O) groups is 1. The number of aromatic carboxylic acids is 1. The summed E-state index contributed by atoms with van der Waals surface area (Å²) in [5.41, 5.74) is 5.81. The molecule has 0 aliphatic heterocycles. The zero-order valence-corrected chi connectivity index (χ0v) is 16.8. The molecule has 0 heterocycles. The van der Waals surface area contributed by atoms with Crippen molar-refractivity contribution in [1.82, 2.24) is 0 Å². The second-order valence-electron chi connectivity index (χ2n) is 8.29. The number of rotatable bonds is 4. The van der Waals surface area contributed by atoms with Crippen molar-refractivity contribution < 1.29 is 9.90 Å². The largest absolute Gasteiger partial charge is 0.478 e. The SMILES string of the molecule is C=C(c1ccc(C(=O)O)cc1)c1ccc2ccccc2c1C1=CC=CC(C)(C)C1. The topological polar surface area (TPSA) is 37.3 Å². The highest BCUT2D eigenvalue weighted by Crippen LogP contribution is 2.41. The van der Waals surface area contributed by atoms with E-state index in [0.717, 1.165) is 23.1 Å². The summed E-state index contributed by atoms with van der Waals surface area (Å²) in [6, 6.07) is 19.7. The molecule has 0 aromatic heterocycles. The maximum Gasteiger partial charge on any atom is 0.335 e. The summed E-state index contributed by atoms with van der Waals surface area (Å²) in [6.45, 7) is 8.88. The van der Waals surface area contributed by atoms with Crippen molar-refractivity contribution >= 4 is 27.9 Å². The first kappa shape index (κ1) is 18.9. The molecule has 1 aliphatic carbocycles. The van der Waals surface area contributed by atoms with Gasteiger partial charge < -0.3 is 5.11 Å². The van der Waals surface area contributed by atoms with Crippen molar-refractivity contribution in [2.24, 2.45) is 5.41 Å². The number of hydrogen-bond donors (Lipinski definition) is 1. The third-order valence-electron chi connectivity index (χ3n) is 5.55. The minimum Gasteiger partial charge on any atom is -0.478 e. The average Bonchev–Trinajstić information content (AvgIpc) is 2.71. The number of carboxylic acid groups (broad SMARTS) is 1. The first-order chi connectivity index (χ1) is 13.9. The molecule has 3 aromatic carbocycles. The third-order valence-corrected chi connectivity index (χ3v) is 5.55. The van der Waals surface area contributed by atoms with Crippen LogP contribution in [-0.2, 0) is 0 Å². The van der Waals surface area contributed by atoms with Crippen LogP contribution in [0.15, 0.2) is 85.5 Å². The molecule has 0 fully saturated rings. The summed E-state index contributed by atoms with van der Waals surface area (Å²) in [4.78, 5) is 11.2. The highest BCUT2D eigenvalue weighted by atomic mass is 16.4. The van der Waals surface area contributed by atoms with Crippen LogP contribution in [0, 0.1) is 5.41 Å². The monoisotopic (exact) mass is 380 g/mol. The predicted octanol–water partition coefficient (Wildman–Crippen LogP) is 6.97. The normalized spacial score (nSPS) is 15.2. The van der Waals surface area contributed by atoms with Gasteiger partial charge in [-0.15, -0.1) is 0 Å². The van der Waals surface area contributed by atoms with Gasteiger partial charge >= 0.3 is 5.97 Å². The molecule has 2 nitrogen and oxygen atoms in total. The summed E-state index contributed by atoms with van der Waals surface area (Å²) < 4.78 is 0. The van der Waals surface area contributed by atoms with Crippen LogP contribution in [0.4, 0.5) is 0 Å². The molecule has 0 saturated heterocycles. The predicted molar refractivity (Wildman–Crippen MR) is 121 cm³/mol. The Hall–Kier alpha value is -3.39. The van der Waals surface area contributed by atoms with Gasteiger partial charge in [0, 0.05) is 0 Å². The highest BCUT2D eigenvalue weighted by Gasteiger charge is 2.23. The summed E-state index contributed by atoms with van der Waals surface area (Å²) >= 11 is 0. The molecule has 29 heavy (non-hydrogen) atoms. The van der Waals surface area contributed by atoms with E-state index in [0.29, 0.717) is 0 Å². The fourth-order valence-electron chi connectivity index (χ4n) is 4.04. The van der Waals surface area contributed by atoms with Gasteiger partial charge in [0.05, 0.1) is 5.56 Å². The molecule has 144 valence electrons. The van der Waals surface area contributed by atoms with Crippen molar-refractivity contribution in [2.45, 2.75) is 20.3 Å². The summed E-state index contributed by atoms with van der Waals surface area (Å²) in [5.74, 6) is -0.921. The van der Waals surface area contributed by atoms with Gasteiger partial charge in [0.15, 0.2) is 0 Å². The van der Waals surface area contributed by atoms with Crippen molar-refractivity contribution in [3.63, 3.8) is 0 Å². The molecule has 0 spiro atoms. The van der Waals surface area contributed by atoms with Crippen molar-refractivity contribution in [2.75, 3.05) is 0 Å². The molecule has 1 N–H and O–H groups in total. The fraction of sp³-hybridized carbons (Fsp3) is 0.148. The first-order valence-electron chi connectivity index (χ1n) is 9.79. The molecule has 0 amide bonds. The van der Waals surface area contributed by atoms with Crippen LogP contribution < -0.4 is 0 Å². The molecule has 0 saturated carbocycles. The molecular formula is C27H24O2. The quantitative estimate of drug-likeness (QED) is 0.531. The number of carboxylic acids is 1. The standard InChI is InChI=1S/C27H24O2/c1-18(19-10-12-21(13-11-19)26(28)29)23-15-14-20-7-4-5-9-24(20)25(23)22-8-6-16-27(2,3)17-22/h4-16H,1,17H2,2-3H3,(H,28,29). The van der Waals surface area contributed by atoms with Crippen LogP contribution in [0.5, 0.6) is 0 Å². The molecule has 4 rings (SSSR count). The van der Waals surface area contributed by atoms with Gasteiger partial charge in [0.2, 0.25) is 0 Å². The van der Waals surface area contributed by atoms with E-state index in [1.807, 2.05) is 12.1 Å². The van der Waals surface area contributed by atoms with Gasteiger partial charge in [-0.05, 0) is 62.6 Å². The molecule has 2 heteroatoms. The summed E-state index contributed by atoms with van der Waals surface area (Å²) in [5, 5.41) is 11.6. The Balaban J connectivity index is 1.88. The van der Waals surface area contributed by atoms with Crippen LogP contribution in [0.3, 0.4) is 0 Å². The van der Waals surface area contributed by atoms with Crippen LogP contribution >= 0.6 is 0 Å². The maximum absolute atomic E-state index is 11.2. The van der Waals surface area contributed by atoms with Crippen LogP contribution in [0.1, 0.15) is 47.3 Å². The summed E-state index contributed by atoms with van der Waals surface area (Å²) in [7, 11) is 0. The van der Waals surface area contributed by atoms with Gasteiger partial charge in [0.1, 0.15) is 0 Å². The van der Waals surface area contributed by atoms with E-state index in [-0.39, 0.29) is 11.0 Å². The molecule has 0 atom stereocenters. The van der Waals surface area contributed by atoms with Crippen LogP contribution in [-0.4, -0.2) is 11.1 Å². The van der Waals surface area contributed by atoms with E-state index in [9.17, 15) is 9.90 Å². The molecular weight excluding hydrogens is 356 g/mol. The number of fused-ring (bicyclic) bond motifs is 1. The fourth-order valence-corrected chi connectivity index (χ4v) is 4.04. The summed E-state index contributed by atoms with van der Waals surface area (Å²) in [6.07, 6.45) is 7.56. The molecule has 0 unspecified atom stereocenters. The van der Waals surface area contributed by atoms with Crippen molar-refractivity contribution in [3.8, 4) is 0 Å². The Labute approximate surface area is 171 Å². The first-order valence-corrected chi connectivity index (χ1v) is 9.79. The molecule has 0 bridgehead atoms. The Morgan fingerprint density at radius 3 is 2.34 bits per heavy atom. The highest BCUT2D eigenvalue weighted by molar-refractivity contribution is 6.01. The lowest BCUT2D eigenvalue weighted by atomic mass is 9.77. The second kappa shape index (κ2) is 7.21. The van der Waals surface area contributed by atoms with E-state index in [1.165, 1.54) is 21.9 Å². The lowest BCUT2D eigenvalue weighted by Gasteiger charge is -2.27. The van der Waals surface area contributed by atoms with Gasteiger partial charge in [-0.3, -0.25) is 0 Å². The second-order valence-corrected chi connectivity index (χ2v) is 8.29. The Morgan fingerprint density at radius 2 is 1.66 bits per heavy atom. The van der Waals surface area contributed by atoms with Gasteiger partial charge in [-0.1, -0.05) is 87.2 Å². The number of hydrogen-bond acceptors (Lipinski definition) is 1. The Kier molecular flexibility index (Phi) is 4.71. The van der Waals surface area contributed by atoms with E-state index >= 15 is 0 Å².